The second-order valence-electron chi connectivity index (χ2n) is 9.88. The second kappa shape index (κ2) is 5.64. The van der Waals surface area contributed by atoms with Crippen molar-refractivity contribution in [1.82, 2.24) is 0 Å². The van der Waals surface area contributed by atoms with Gasteiger partial charge in [0.15, 0.2) is 5.78 Å². The van der Waals surface area contributed by atoms with Crippen LogP contribution in [-0.4, -0.2) is 27.1 Å². The summed E-state index contributed by atoms with van der Waals surface area (Å²) >= 11 is 3.68. The van der Waals surface area contributed by atoms with Gasteiger partial charge in [-0.25, -0.2) is 0 Å². The number of hydrogen-bond acceptors (Lipinski definition) is 3. The first-order chi connectivity index (χ1) is 11.6. The molecule has 0 amide bonds. The number of alkyl halides is 1. The maximum atomic E-state index is 12.4. The van der Waals surface area contributed by atoms with E-state index in [9.17, 15) is 14.7 Å². The molecule has 4 heteroatoms. The molecule has 0 spiro atoms. The predicted octanol–water partition coefficient (Wildman–Crippen LogP) is 4.29. The summed E-state index contributed by atoms with van der Waals surface area (Å²) in [5, 5.41) is 11.4. The number of aliphatic hydroxyl groups is 1. The van der Waals surface area contributed by atoms with E-state index in [1.165, 1.54) is 0 Å². The van der Waals surface area contributed by atoms with Gasteiger partial charge in [-0.1, -0.05) is 29.8 Å². The van der Waals surface area contributed by atoms with E-state index in [2.05, 4.69) is 29.8 Å². The highest BCUT2D eigenvalue weighted by atomic mass is 79.9. The van der Waals surface area contributed by atoms with Crippen LogP contribution < -0.4 is 0 Å². The molecule has 1 N–H and O–H groups in total. The maximum Gasteiger partial charge on any atom is 0.163 e. The van der Waals surface area contributed by atoms with Crippen LogP contribution >= 0.6 is 15.9 Å². The van der Waals surface area contributed by atoms with Gasteiger partial charge >= 0.3 is 0 Å². The third kappa shape index (κ3) is 2.19. The fourth-order valence-electron chi connectivity index (χ4n) is 7.65. The topological polar surface area (TPSA) is 54.4 Å². The maximum absolute atomic E-state index is 12.4. The molecule has 0 aliphatic heterocycles. The molecule has 0 heterocycles. The van der Waals surface area contributed by atoms with Gasteiger partial charge in [0.25, 0.3) is 0 Å². The summed E-state index contributed by atoms with van der Waals surface area (Å²) in [4.78, 5) is 24.3. The number of carbonyl (C=O) groups is 2. The molecule has 0 aromatic carbocycles. The summed E-state index contributed by atoms with van der Waals surface area (Å²) in [7, 11) is 0. The summed E-state index contributed by atoms with van der Waals surface area (Å²) in [5.41, 5.74) is -1.28. The summed E-state index contributed by atoms with van der Waals surface area (Å²) in [6.45, 7) is 6.15. The Bertz CT molecular complexity index is 618. The van der Waals surface area contributed by atoms with Crippen LogP contribution in [0.3, 0.4) is 0 Å². The molecule has 3 nitrogen and oxygen atoms in total. The molecule has 0 aromatic rings. The Morgan fingerprint density at radius 3 is 2.56 bits per heavy atom. The zero-order chi connectivity index (χ0) is 18.2. The van der Waals surface area contributed by atoms with Gasteiger partial charge in [-0.3, -0.25) is 9.59 Å². The average molecular weight is 411 g/mol. The molecule has 0 bridgehead atoms. The normalized spacial score (nSPS) is 55.2. The molecule has 0 unspecified atom stereocenters. The standard InChI is InChI=1S/C21H31BrO3/c1-12(23)21(25)18(22)11-17-15-5-4-13-10-14(24)6-8-19(13,2)16(15)7-9-20(17,21)3/h13,15-18,25H,4-11H2,1-3H3/t13-,15+,16-,17-,18-,19-,20-,21+/m0/s1. The molecule has 4 aliphatic rings. The van der Waals surface area contributed by atoms with Crippen molar-refractivity contribution in [3.63, 3.8) is 0 Å². The SMILES string of the molecule is CC(=O)[C@@]1(O)[C@@H](Br)C[C@H]2[C@@H]3CC[C@H]4CC(=O)CC[C@]4(C)[C@H]3CC[C@@]21C. The van der Waals surface area contributed by atoms with Crippen molar-refractivity contribution in [3.05, 3.63) is 0 Å². The molecule has 25 heavy (non-hydrogen) atoms. The van der Waals surface area contributed by atoms with Gasteiger partial charge in [-0.2, -0.15) is 0 Å². The molecular weight excluding hydrogens is 380 g/mol. The summed E-state index contributed by atoms with van der Waals surface area (Å²) < 4.78 is 0. The number of ketones is 2. The lowest BCUT2D eigenvalue weighted by Crippen LogP contribution is -2.59. The van der Waals surface area contributed by atoms with E-state index in [0.717, 1.165) is 51.4 Å². The Morgan fingerprint density at radius 1 is 1.16 bits per heavy atom. The Balaban J connectivity index is 1.68. The highest BCUT2D eigenvalue weighted by Gasteiger charge is 2.69. The monoisotopic (exact) mass is 410 g/mol. The Labute approximate surface area is 159 Å². The van der Waals surface area contributed by atoms with Crippen LogP contribution in [0.15, 0.2) is 0 Å². The van der Waals surface area contributed by atoms with Gasteiger partial charge in [-0.15, -0.1) is 0 Å². The molecule has 4 aliphatic carbocycles. The van der Waals surface area contributed by atoms with E-state index in [0.29, 0.717) is 29.5 Å². The van der Waals surface area contributed by atoms with Crippen LogP contribution in [0, 0.1) is 34.5 Å². The van der Waals surface area contributed by atoms with Gasteiger partial charge in [-0.05, 0) is 74.5 Å². The lowest BCUT2D eigenvalue weighted by atomic mass is 9.44. The van der Waals surface area contributed by atoms with Gasteiger partial charge in [0, 0.05) is 18.3 Å². The molecule has 0 aromatic heterocycles. The van der Waals surface area contributed by atoms with Crippen molar-refractivity contribution >= 4 is 27.5 Å². The Morgan fingerprint density at radius 2 is 1.88 bits per heavy atom. The van der Waals surface area contributed by atoms with E-state index in [1.807, 2.05) is 0 Å². The lowest BCUT2D eigenvalue weighted by molar-refractivity contribution is -0.168. The highest BCUT2D eigenvalue weighted by Crippen LogP contribution is 2.68. The van der Waals surface area contributed by atoms with Gasteiger partial charge < -0.3 is 5.11 Å². The largest absolute Gasteiger partial charge is 0.380 e. The molecule has 0 saturated heterocycles. The third-order valence-electron chi connectivity index (χ3n) is 9.19. The second-order valence-corrected chi connectivity index (χ2v) is 11.0. The van der Waals surface area contributed by atoms with Crippen LogP contribution in [0.1, 0.15) is 72.1 Å². The minimum atomic E-state index is -1.23. The Kier molecular flexibility index (Phi) is 4.10. The van der Waals surface area contributed by atoms with Crippen molar-refractivity contribution < 1.29 is 14.7 Å². The van der Waals surface area contributed by atoms with E-state index in [1.54, 1.807) is 6.92 Å². The number of rotatable bonds is 1. The number of carbonyl (C=O) groups excluding carboxylic acids is 2. The smallest absolute Gasteiger partial charge is 0.163 e. The third-order valence-corrected chi connectivity index (χ3v) is 10.2. The summed E-state index contributed by atoms with van der Waals surface area (Å²) in [5.74, 6) is 2.55. The molecule has 8 atom stereocenters. The van der Waals surface area contributed by atoms with Crippen molar-refractivity contribution in [2.45, 2.75) is 82.6 Å². The zero-order valence-corrected chi connectivity index (χ0v) is 17.3. The first-order valence-electron chi connectivity index (χ1n) is 10.0. The lowest BCUT2D eigenvalue weighted by Gasteiger charge is -2.60. The molecule has 140 valence electrons. The minimum absolute atomic E-state index is 0.0824. The summed E-state index contributed by atoms with van der Waals surface area (Å²) in [6, 6.07) is 0. The molecule has 4 fully saturated rings. The highest BCUT2D eigenvalue weighted by molar-refractivity contribution is 9.09. The number of hydrogen-bond donors (Lipinski definition) is 1. The number of halogens is 1. The van der Waals surface area contributed by atoms with Crippen molar-refractivity contribution in [1.29, 1.82) is 0 Å². The zero-order valence-electron chi connectivity index (χ0n) is 15.7. The van der Waals surface area contributed by atoms with E-state index >= 15 is 0 Å². The van der Waals surface area contributed by atoms with Gasteiger partial charge in [0.05, 0.1) is 4.83 Å². The van der Waals surface area contributed by atoms with Crippen molar-refractivity contribution in [2.75, 3.05) is 0 Å². The van der Waals surface area contributed by atoms with Crippen LogP contribution in [-0.2, 0) is 9.59 Å². The molecule has 0 radical (unpaired) electrons. The first kappa shape index (κ1) is 18.2. The predicted molar refractivity (Wildman–Crippen MR) is 100 cm³/mol. The quantitative estimate of drug-likeness (QED) is 0.655. The van der Waals surface area contributed by atoms with E-state index < -0.39 is 5.60 Å². The van der Waals surface area contributed by atoms with Crippen molar-refractivity contribution in [3.8, 4) is 0 Å². The van der Waals surface area contributed by atoms with Crippen molar-refractivity contribution in [2.24, 2.45) is 34.5 Å². The van der Waals surface area contributed by atoms with Crippen LogP contribution in [0.4, 0.5) is 0 Å². The first-order valence-corrected chi connectivity index (χ1v) is 11.0. The van der Waals surface area contributed by atoms with Crippen LogP contribution in [0.2, 0.25) is 0 Å². The average Bonchev–Trinajstić information content (AvgIpc) is 2.77. The van der Waals surface area contributed by atoms with Gasteiger partial charge in [0.1, 0.15) is 11.4 Å². The van der Waals surface area contributed by atoms with Crippen LogP contribution in [0.25, 0.3) is 0 Å². The number of fused-ring (bicyclic) bond motifs is 5. The fraction of sp³-hybridized carbons (Fsp3) is 0.905. The van der Waals surface area contributed by atoms with E-state index in [-0.39, 0.29) is 21.4 Å². The number of Topliss-reactive ketones (excluding diaryl/α,β-unsaturated/α-hetero) is 2. The minimum Gasteiger partial charge on any atom is -0.380 e. The molecular formula is C21H31BrO3. The molecule has 4 saturated carbocycles. The van der Waals surface area contributed by atoms with E-state index in [4.69, 9.17) is 0 Å². The fourth-order valence-corrected chi connectivity index (χ4v) is 8.90. The molecule has 4 rings (SSSR count). The van der Waals surface area contributed by atoms with Crippen LogP contribution in [0.5, 0.6) is 0 Å². The van der Waals surface area contributed by atoms with Gasteiger partial charge in [0.2, 0.25) is 0 Å². The Hall–Kier alpha value is -0.220. The summed E-state index contributed by atoms with van der Waals surface area (Å²) in [6.07, 6.45) is 7.77.